The minimum Gasteiger partial charge on any atom is -0.547 e. The molecule has 85 valence electrons. The minimum absolute atomic E-state index is 0.0508. The molecule has 0 N–H and O–H groups in total. The first kappa shape index (κ1) is 14.0. The van der Waals surface area contributed by atoms with Crippen LogP contribution < -0.4 is 0 Å². The first-order valence-electron chi connectivity index (χ1n) is 4.05. The van der Waals surface area contributed by atoms with Gasteiger partial charge in [-0.05, 0) is 13.1 Å². The number of hydrogen-bond acceptors (Lipinski definition) is 5. The second-order valence-electron chi connectivity index (χ2n) is 2.61. The summed E-state index contributed by atoms with van der Waals surface area (Å²) in [4.78, 5) is 15.7. The van der Waals surface area contributed by atoms with E-state index in [1.54, 1.807) is 0 Å². The smallest absolute Gasteiger partial charge is 0.361 e. The summed E-state index contributed by atoms with van der Waals surface area (Å²) in [6.07, 6.45) is 1.27. The molecular formula is C8H13ClNO4Si. The topological polar surface area (TPSA) is 57.1 Å². The quantitative estimate of drug-likeness (QED) is 0.244. The van der Waals surface area contributed by atoms with E-state index in [4.69, 9.17) is 16.0 Å². The van der Waals surface area contributed by atoms with E-state index in [0.717, 1.165) is 0 Å². The molecule has 0 fully saturated rings. The Hall–Kier alpha value is -1.01. The highest BCUT2D eigenvalue weighted by molar-refractivity contribution is 6.58. The Kier molecular flexibility index (Phi) is 6.81. The Balaban J connectivity index is 4.70. The number of halogens is 1. The third kappa shape index (κ3) is 5.43. The molecule has 1 radical (unpaired) electrons. The van der Waals surface area contributed by atoms with E-state index in [2.05, 4.69) is 14.7 Å². The average molecular weight is 251 g/mol. The molecule has 0 spiro atoms. The van der Waals surface area contributed by atoms with Gasteiger partial charge in [-0.3, -0.25) is 0 Å². The second-order valence-corrected chi connectivity index (χ2v) is 5.07. The van der Waals surface area contributed by atoms with Gasteiger partial charge in [0, 0.05) is 0 Å². The maximum atomic E-state index is 11.2. The van der Waals surface area contributed by atoms with Gasteiger partial charge in [-0.15, -0.1) is 0 Å². The molecule has 0 bridgehead atoms. The molecule has 0 saturated heterocycles. The lowest BCUT2D eigenvalue weighted by Crippen LogP contribution is -2.17. The van der Waals surface area contributed by atoms with Crippen LogP contribution in [0.2, 0.25) is 13.1 Å². The van der Waals surface area contributed by atoms with E-state index in [9.17, 15) is 4.79 Å². The van der Waals surface area contributed by atoms with Gasteiger partial charge in [-0.1, -0.05) is 16.8 Å². The molecule has 0 aromatic carbocycles. The molecule has 0 saturated carbocycles. The lowest BCUT2D eigenvalue weighted by Gasteiger charge is -2.04. The van der Waals surface area contributed by atoms with E-state index in [0.29, 0.717) is 0 Å². The van der Waals surface area contributed by atoms with Gasteiger partial charge in [0.1, 0.15) is 12.1 Å². The highest BCUT2D eigenvalue weighted by Gasteiger charge is 2.17. The number of hydrogen-bond donors (Lipinski definition) is 0. The van der Waals surface area contributed by atoms with Crippen LogP contribution in [-0.4, -0.2) is 34.9 Å². The lowest BCUT2D eigenvalue weighted by molar-refractivity contribution is -0.132. The minimum atomic E-state index is -0.918. The average Bonchev–Trinajstić information content (AvgIpc) is 2.21. The molecule has 0 aliphatic heterocycles. The van der Waals surface area contributed by atoms with Crippen molar-refractivity contribution >= 4 is 32.3 Å². The molecule has 0 rings (SSSR count). The fourth-order valence-electron chi connectivity index (χ4n) is 0.592. The highest BCUT2D eigenvalue weighted by atomic mass is 35.5. The summed E-state index contributed by atoms with van der Waals surface area (Å²) in [5.41, 5.74) is -0.120. The van der Waals surface area contributed by atoms with Crippen LogP contribution in [0.3, 0.4) is 0 Å². The SMILES string of the molecule is CON=C(C(=O)OC)C(Cl)=CO[Si](C)C. The largest absolute Gasteiger partial charge is 0.547 e. The third-order valence-electron chi connectivity index (χ3n) is 1.19. The number of carbonyl (C=O) groups is 1. The van der Waals surface area contributed by atoms with Crippen molar-refractivity contribution in [3.05, 3.63) is 11.3 Å². The summed E-state index contributed by atoms with van der Waals surface area (Å²) in [6.45, 7) is 3.85. The molecule has 15 heavy (non-hydrogen) atoms. The van der Waals surface area contributed by atoms with E-state index < -0.39 is 15.0 Å². The maximum absolute atomic E-state index is 11.2. The van der Waals surface area contributed by atoms with Gasteiger partial charge in [0.15, 0.2) is 0 Å². The van der Waals surface area contributed by atoms with E-state index in [1.807, 2.05) is 13.1 Å². The Labute approximate surface area is 95.4 Å². The predicted molar refractivity (Wildman–Crippen MR) is 59.0 cm³/mol. The van der Waals surface area contributed by atoms with Crippen molar-refractivity contribution in [3.8, 4) is 0 Å². The fourth-order valence-corrected chi connectivity index (χ4v) is 1.18. The molecule has 7 heteroatoms. The first-order chi connectivity index (χ1) is 7.02. The summed E-state index contributed by atoms with van der Waals surface area (Å²) in [5, 5.41) is 3.50. The summed E-state index contributed by atoms with van der Waals surface area (Å²) in [7, 11) is 1.62. The van der Waals surface area contributed by atoms with Crippen LogP contribution in [-0.2, 0) is 18.8 Å². The summed E-state index contributed by atoms with van der Waals surface area (Å²) < 4.78 is 9.66. The Morgan fingerprint density at radius 3 is 2.40 bits per heavy atom. The second kappa shape index (κ2) is 7.30. The number of esters is 1. The van der Waals surface area contributed by atoms with Crippen molar-refractivity contribution in [1.29, 1.82) is 0 Å². The molecule has 0 aliphatic rings. The van der Waals surface area contributed by atoms with Gasteiger partial charge in [0.05, 0.1) is 13.4 Å². The van der Waals surface area contributed by atoms with Crippen LogP contribution >= 0.6 is 11.6 Å². The van der Waals surface area contributed by atoms with Gasteiger partial charge in [-0.25, -0.2) is 4.79 Å². The Morgan fingerprint density at radius 2 is 2.00 bits per heavy atom. The number of carbonyl (C=O) groups excluding carboxylic acids is 1. The van der Waals surface area contributed by atoms with Crippen LogP contribution in [0.1, 0.15) is 0 Å². The Morgan fingerprint density at radius 1 is 1.40 bits per heavy atom. The van der Waals surface area contributed by atoms with Crippen LogP contribution in [0.15, 0.2) is 16.5 Å². The monoisotopic (exact) mass is 250 g/mol. The lowest BCUT2D eigenvalue weighted by atomic mass is 10.4. The molecular weight excluding hydrogens is 238 g/mol. The van der Waals surface area contributed by atoms with E-state index in [-0.39, 0.29) is 10.7 Å². The van der Waals surface area contributed by atoms with E-state index in [1.165, 1.54) is 20.5 Å². The summed E-state index contributed by atoms with van der Waals surface area (Å²) >= 11 is 5.78. The van der Waals surface area contributed by atoms with Gasteiger partial charge in [-0.2, -0.15) is 0 Å². The molecule has 5 nitrogen and oxygen atoms in total. The van der Waals surface area contributed by atoms with Gasteiger partial charge in [0.25, 0.3) is 9.04 Å². The zero-order valence-corrected chi connectivity index (χ0v) is 10.8. The number of rotatable bonds is 5. The number of nitrogens with zero attached hydrogens (tertiary/aromatic N) is 1. The van der Waals surface area contributed by atoms with Crippen molar-refractivity contribution < 1.29 is 18.8 Å². The zero-order chi connectivity index (χ0) is 11.8. The van der Waals surface area contributed by atoms with Crippen LogP contribution in [0, 0.1) is 0 Å². The molecule has 0 atom stereocenters. The van der Waals surface area contributed by atoms with Gasteiger partial charge < -0.3 is 14.0 Å². The van der Waals surface area contributed by atoms with Gasteiger partial charge in [0.2, 0.25) is 5.71 Å². The third-order valence-corrected chi connectivity index (χ3v) is 2.04. The normalized spacial score (nSPS) is 12.7. The first-order valence-corrected chi connectivity index (χ1v) is 6.83. The van der Waals surface area contributed by atoms with Crippen molar-refractivity contribution in [2.75, 3.05) is 14.2 Å². The Bertz CT molecular complexity index is 278. The maximum Gasteiger partial charge on any atom is 0.361 e. The van der Waals surface area contributed by atoms with Crippen molar-refractivity contribution in [3.63, 3.8) is 0 Å². The molecule has 0 aromatic heterocycles. The summed E-state index contributed by atoms with van der Waals surface area (Å²) in [5.74, 6) is -0.678. The molecule has 0 unspecified atom stereocenters. The zero-order valence-electron chi connectivity index (χ0n) is 9.04. The van der Waals surface area contributed by atoms with Crippen molar-refractivity contribution in [2.45, 2.75) is 13.1 Å². The van der Waals surface area contributed by atoms with Crippen LogP contribution in [0.5, 0.6) is 0 Å². The fraction of sp³-hybridized carbons (Fsp3) is 0.500. The van der Waals surface area contributed by atoms with Crippen LogP contribution in [0.4, 0.5) is 0 Å². The van der Waals surface area contributed by atoms with Gasteiger partial charge >= 0.3 is 5.97 Å². The van der Waals surface area contributed by atoms with Crippen molar-refractivity contribution in [1.82, 2.24) is 0 Å². The number of methoxy groups -OCH3 is 1. The molecule has 0 heterocycles. The highest BCUT2D eigenvalue weighted by Crippen LogP contribution is 2.07. The number of oxime groups is 1. The van der Waals surface area contributed by atoms with Crippen LogP contribution in [0.25, 0.3) is 0 Å². The van der Waals surface area contributed by atoms with Crippen molar-refractivity contribution in [2.24, 2.45) is 5.16 Å². The molecule has 0 aromatic rings. The standard InChI is InChI=1S/C8H13ClNO4Si/c1-12-8(11)7(10-13-2)6(9)5-14-15(3)4/h5H,1-4H3. The predicted octanol–water partition coefficient (Wildman–Crippen LogP) is 1.51. The molecule has 0 amide bonds. The summed E-state index contributed by atoms with van der Waals surface area (Å²) in [6, 6.07) is 0. The molecule has 0 aliphatic carbocycles. The van der Waals surface area contributed by atoms with E-state index >= 15 is 0 Å². The number of ether oxygens (including phenoxy) is 1.